The lowest BCUT2D eigenvalue weighted by Gasteiger charge is -2.28. The van der Waals surface area contributed by atoms with Gasteiger partial charge in [-0.15, -0.1) is 0 Å². The van der Waals surface area contributed by atoms with Crippen LogP contribution in [0, 0.1) is 5.41 Å². The third-order valence-electron chi connectivity index (χ3n) is 4.23. The smallest absolute Gasteiger partial charge is 0.315 e. The molecular formula is C15H28N2O4. The van der Waals surface area contributed by atoms with Crippen molar-refractivity contribution in [2.24, 2.45) is 5.41 Å². The second kappa shape index (κ2) is 8.87. The fourth-order valence-corrected chi connectivity index (χ4v) is 2.76. The molecule has 2 amide bonds. The maximum absolute atomic E-state index is 11.9. The van der Waals surface area contributed by atoms with E-state index >= 15 is 0 Å². The van der Waals surface area contributed by atoms with E-state index < -0.39 is 11.4 Å². The molecular weight excluding hydrogens is 272 g/mol. The lowest BCUT2D eigenvalue weighted by molar-refractivity contribution is -0.149. The van der Waals surface area contributed by atoms with Crippen LogP contribution < -0.4 is 10.6 Å². The van der Waals surface area contributed by atoms with Crippen molar-refractivity contribution >= 4 is 12.0 Å². The summed E-state index contributed by atoms with van der Waals surface area (Å²) in [5.74, 6) is -0.794. The minimum atomic E-state index is -0.802. The first-order chi connectivity index (χ1) is 10.00. The molecule has 0 aliphatic heterocycles. The second-order valence-electron chi connectivity index (χ2n) is 6.01. The first-order valence-electron chi connectivity index (χ1n) is 7.77. The standard InChI is InChI=1S/C15H28N2O4/c1-12(7-10-21-2)17-14(20)16-11-15(13(18)19)8-5-3-4-6-9-15/h12H,3-11H2,1-2H3,(H,18,19)(H2,16,17,20). The topological polar surface area (TPSA) is 87.7 Å². The molecule has 0 radical (unpaired) electrons. The highest BCUT2D eigenvalue weighted by Gasteiger charge is 2.38. The number of hydrogen-bond donors (Lipinski definition) is 3. The van der Waals surface area contributed by atoms with Crippen molar-refractivity contribution in [1.82, 2.24) is 10.6 Å². The SMILES string of the molecule is COCCC(C)NC(=O)NCC1(C(=O)O)CCCCCC1. The molecule has 0 aromatic carbocycles. The number of ether oxygens (including phenoxy) is 1. The van der Waals surface area contributed by atoms with Gasteiger partial charge in [0.15, 0.2) is 0 Å². The Morgan fingerprint density at radius 1 is 1.24 bits per heavy atom. The normalized spacial score (nSPS) is 19.3. The van der Waals surface area contributed by atoms with E-state index in [1.807, 2.05) is 6.92 Å². The van der Waals surface area contributed by atoms with Gasteiger partial charge in [0, 0.05) is 26.3 Å². The van der Waals surface area contributed by atoms with Crippen LogP contribution in [0.2, 0.25) is 0 Å². The van der Waals surface area contributed by atoms with Gasteiger partial charge in [-0.3, -0.25) is 4.79 Å². The predicted molar refractivity (Wildman–Crippen MR) is 80.3 cm³/mol. The summed E-state index contributed by atoms with van der Waals surface area (Å²) in [5.41, 5.74) is -0.802. The molecule has 0 bridgehead atoms. The van der Waals surface area contributed by atoms with E-state index in [2.05, 4.69) is 10.6 Å². The molecule has 3 N–H and O–H groups in total. The number of carboxylic acids is 1. The van der Waals surface area contributed by atoms with E-state index in [1.54, 1.807) is 7.11 Å². The quantitative estimate of drug-likeness (QED) is 0.629. The zero-order valence-electron chi connectivity index (χ0n) is 13.1. The molecule has 1 aliphatic carbocycles. The number of carbonyl (C=O) groups is 2. The molecule has 1 atom stereocenters. The Balaban J connectivity index is 2.45. The predicted octanol–water partition coefficient (Wildman–Crippen LogP) is 2.14. The van der Waals surface area contributed by atoms with E-state index in [9.17, 15) is 14.7 Å². The van der Waals surface area contributed by atoms with Crippen LogP contribution in [-0.2, 0) is 9.53 Å². The maximum atomic E-state index is 11.9. The molecule has 6 nitrogen and oxygen atoms in total. The number of carboxylic acid groups (broad SMARTS) is 1. The molecule has 0 spiro atoms. The Hall–Kier alpha value is -1.30. The first kappa shape index (κ1) is 17.8. The Morgan fingerprint density at radius 3 is 2.38 bits per heavy atom. The summed E-state index contributed by atoms with van der Waals surface area (Å²) in [7, 11) is 1.62. The van der Waals surface area contributed by atoms with Crippen LogP contribution in [-0.4, -0.2) is 43.4 Å². The van der Waals surface area contributed by atoms with E-state index in [1.165, 1.54) is 0 Å². The highest BCUT2D eigenvalue weighted by Crippen LogP contribution is 2.34. The number of rotatable bonds is 7. The van der Waals surface area contributed by atoms with Crippen LogP contribution in [0.15, 0.2) is 0 Å². The van der Waals surface area contributed by atoms with E-state index in [0.29, 0.717) is 19.4 Å². The Labute approximate surface area is 126 Å². The summed E-state index contributed by atoms with van der Waals surface area (Å²) in [6.07, 6.45) is 6.00. The number of amides is 2. The van der Waals surface area contributed by atoms with Gasteiger partial charge in [-0.05, 0) is 26.2 Å². The molecule has 21 heavy (non-hydrogen) atoms. The summed E-state index contributed by atoms with van der Waals surface area (Å²) in [6, 6.07) is -0.302. The zero-order chi connectivity index (χ0) is 15.7. The number of methoxy groups -OCH3 is 1. The Kier molecular flexibility index (Phi) is 7.50. The summed E-state index contributed by atoms with van der Waals surface area (Å²) >= 11 is 0. The van der Waals surface area contributed by atoms with Gasteiger partial charge in [-0.2, -0.15) is 0 Å². The van der Waals surface area contributed by atoms with Gasteiger partial charge in [-0.25, -0.2) is 4.79 Å². The lowest BCUT2D eigenvalue weighted by Crippen LogP contribution is -2.48. The molecule has 122 valence electrons. The molecule has 1 rings (SSSR count). The summed E-state index contributed by atoms with van der Waals surface area (Å²) in [5, 5.41) is 15.1. The molecule has 0 aromatic rings. The minimum absolute atomic E-state index is 0.000128. The highest BCUT2D eigenvalue weighted by molar-refractivity contribution is 5.78. The van der Waals surface area contributed by atoms with Gasteiger partial charge in [0.25, 0.3) is 0 Å². The lowest BCUT2D eigenvalue weighted by atomic mass is 9.80. The zero-order valence-corrected chi connectivity index (χ0v) is 13.1. The van der Waals surface area contributed by atoms with Crippen molar-refractivity contribution in [3.8, 4) is 0 Å². The van der Waals surface area contributed by atoms with Crippen LogP contribution in [0.4, 0.5) is 4.79 Å². The third-order valence-corrected chi connectivity index (χ3v) is 4.23. The van der Waals surface area contributed by atoms with Gasteiger partial charge in [-0.1, -0.05) is 25.7 Å². The second-order valence-corrected chi connectivity index (χ2v) is 6.01. The molecule has 0 heterocycles. The van der Waals surface area contributed by atoms with Crippen LogP contribution in [0.1, 0.15) is 51.9 Å². The number of hydrogen-bond acceptors (Lipinski definition) is 3. The van der Waals surface area contributed by atoms with E-state index in [0.717, 1.165) is 32.1 Å². The van der Waals surface area contributed by atoms with Gasteiger partial charge in [0.05, 0.1) is 5.41 Å². The fourth-order valence-electron chi connectivity index (χ4n) is 2.76. The fraction of sp³-hybridized carbons (Fsp3) is 0.867. The van der Waals surface area contributed by atoms with Crippen molar-refractivity contribution in [3.05, 3.63) is 0 Å². The number of nitrogens with one attached hydrogen (secondary N) is 2. The molecule has 1 unspecified atom stereocenters. The molecule has 0 saturated heterocycles. The van der Waals surface area contributed by atoms with Crippen molar-refractivity contribution in [2.75, 3.05) is 20.3 Å². The Morgan fingerprint density at radius 2 is 1.86 bits per heavy atom. The van der Waals surface area contributed by atoms with Crippen LogP contribution in [0.3, 0.4) is 0 Å². The molecule has 0 aromatic heterocycles. The molecule has 1 saturated carbocycles. The van der Waals surface area contributed by atoms with E-state index in [-0.39, 0.29) is 18.6 Å². The van der Waals surface area contributed by atoms with Crippen LogP contribution in [0.25, 0.3) is 0 Å². The van der Waals surface area contributed by atoms with Crippen LogP contribution in [0.5, 0.6) is 0 Å². The van der Waals surface area contributed by atoms with Gasteiger partial charge in [0.1, 0.15) is 0 Å². The monoisotopic (exact) mass is 300 g/mol. The molecule has 1 fully saturated rings. The minimum Gasteiger partial charge on any atom is -0.481 e. The number of aliphatic carboxylic acids is 1. The van der Waals surface area contributed by atoms with Crippen molar-refractivity contribution in [1.29, 1.82) is 0 Å². The summed E-state index contributed by atoms with van der Waals surface area (Å²) in [4.78, 5) is 23.5. The number of urea groups is 1. The largest absolute Gasteiger partial charge is 0.481 e. The van der Waals surface area contributed by atoms with Crippen molar-refractivity contribution in [3.63, 3.8) is 0 Å². The average molecular weight is 300 g/mol. The molecule has 6 heteroatoms. The highest BCUT2D eigenvalue weighted by atomic mass is 16.5. The molecule has 1 aliphatic rings. The van der Waals surface area contributed by atoms with Crippen LogP contribution >= 0.6 is 0 Å². The summed E-state index contributed by atoms with van der Waals surface area (Å²) in [6.45, 7) is 2.68. The Bertz CT molecular complexity index is 339. The first-order valence-corrected chi connectivity index (χ1v) is 7.77. The summed E-state index contributed by atoms with van der Waals surface area (Å²) < 4.78 is 4.96. The average Bonchev–Trinajstić information content (AvgIpc) is 2.69. The van der Waals surface area contributed by atoms with Crippen molar-refractivity contribution in [2.45, 2.75) is 57.9 Å². The number of carbonyl (C=O) groups excluding carboxylic acids is 1. The van der Waals surface area contributed by atoms with Gasteiger partial charge < -0.3 is 20.5 Å². The third kappa shape index (κ3) is 5.91. The van der Waals surface area contributed by atoms with E-state index in [4.69, 9.17) is 4.74 Å². The maximum Gasteiger partial charge on any atom is 0.315 e. The van der Waals surface area contributed by atoms with Crippen molar-refractivity contribution < 1.29 is 19.4 Å². The van der Waals surface area contributed by atoms with Gasteiger partial charge >= 0.3 is 12.0 Å². The van der Waals surface area contributed by atoms with Gasteiger partial charge in [0.2, 0.25) is 0 Å².